The maximum absolute atomic E-state index is 12.2. The molecule has 5 nitrogen and oxygen atoms in total. The van der Waals surface area contributed by atoms with Gasteiger partial charge in [0.05, 0.1) is 5.01 Å². The fourth-order valence-electron chi connectivity index (χ4n) is 1.94. The topological polar surface area (TPSA) is 62.3 Å². The first-order valence-electron chi connectivity index (χ1n) is 7.45. The summed E-state index contributed by atoms with van der Waals surface area (Å²) < 4.78 is 0. The van der Waals surface area contributed by atoms with Crippen LogP contribution < -0.4 is 5.32 Å². The van der Waals surface area contributed by atoms with Crippen LogP contribution >= 0.6 is 11.3 Å². The Labute approximate surface area is 140 Å². The maximum atomic E-state index is 12.2. The third-order valence-electron chi connectivity index (χ3n) is 3.60. The molecule has 1 heterocycles. The monoisotopic (exact) mass is 331 g/mol. The fraction of sp³-hybridized carbons (Fsp3) is 0.353. The normalized spacial score (nSPS) is 10.7. The van der Waals surface area contributed by atoms with Gasteiger partial charge in [-0.1, -0.05) is 12.1 Å². The molecule has 0 saturated carbocycles. The van der Waals surface area contributed by atoms with Crippen molar-refractivity contribution in [3.63, 3.8) is 0 Å². The predicted octanol–water partition coefficient (Wildman–Crippen LogP) is 2.86. The molecule has 0 atom stereocenters. The molecule has 0 aliphatic carbocycles. The zero-order chi connectivity index (χ0) is 17.0. The van der Waals surface area contributed by atoms with Gasteiger partial charge in [0.2, 0.25) is 0 Å². The van der Waals surface area contributed by atoms with Gasteiger partial charge in [0.15, 0.2) is 0 Å². The second-order valence-corrected chi connectivity index (χ2v) is 6.70. The number of rotatable bonds is 5. The number of aryl methyl sites for hydroxylation is 1. The van der Waals surface area contributed by atoms with E-state index in [4.69, 9.17) is 0 Å². The van der Waals surface area contributed by atoms with Crippen molar-refractivity contribution in [3.05, 3.63) is 51.5 Å². The predicted molar refractivity (Wildman–Crippen MR) is 91.7 cm³/mol. The lowest BCUT2D eigenvalue weighted by Gasteiger charge is -2.21. The van der Waals surface area contributed by atoms with Crippen LogP contribution in [0.5, 0.6) is 0 Å². The fourth-order valence-corrected chi connectivity index (χ4v) is 2.54. The molecule has 1 aromatic heterocycles. The first kappa shape index (κ1) is 17.1. The van der Waals surface area contributed by atoms with E-state index in [1.807, 2.05) is 32.9 Å². The molecule has 6 heteroatoms. The van der Waals surface area contributed by atoms with Crippen LogP contribution in [0.25, 0.3) is 0 Å². The molecule has 2 amide bonds. The molecular formula is C17H21N3O2S. The molecule has 23 heavy (non-hydrogen) atoms. The molecule has 2 rings (SSSR count). The summed E-state index contributed by atoms with van der Waals surface area (Å²) in [5, 5.41) is 5.44. The minimum atomic E-state index is -0.186. The van der Waals surface area contributed by atoms with Crippen molar-refractivity contribution in [2.24, 2.45) is 0 Å². The van der Waals surface area contributed by atoms with E-state index in [0.717, 1.165) is 10.6 Å². The standard InChI is InChI=1S/C17H21N3O2S/c1-11(2)20(4)17(22)14-7-5-13(6-8-14)9-18-16(21)15-10-23-12(3)19-15/h5-8,10-11H,9H2,1-4H3,(H,18,21). The van der Waals surface area contributed by atoms with E-state index in [1.54, 1.807) is 29.5 Å². The Hall–Kier alpha value is -2.21. The Morgan fingerprint density at radius 2 is 1.91 bits per heavy atom. The van der Waals surface area contributed by atoms with Crippen LogP contribution in [0.15, 0.2) is 29.6 Å². The zero-order valence-corrected chi connectivity index (χ0v) is 14.6. The van der Waals surface area contributed by atoms with Gasteiger partial charge in [0.1, 0.15) is 5.69 Å². The second kappa shape index (κ2) is 7.37. The summed E-state index contributed by atoms with van der Waals surface area (Å²) in [5.74, 6) is -0.192. The number of nitrogens with one attached hydrogen (secondary N) is 1. The van der Waals surface area contributed by atoms with Crippen LogP contribution in [0.3, 0.4) is 0 Å². The van der Waals surface area contributed by atoms with Gasteiger partial charge in [0.25, 0.3) is 11.8 Å². The van der Waals surface area contributed by atoms with Crippen molar-refractivity contribution in [2.45, 2.75) is 33.4 Å². The average Bonchev–Trinajstić information content (AvgIpc) is 2.98. The maximum Gasteiger partial charge on any atom is 0.271 e. The van der Waals surface area contributed by atoms with Gasteiger partial charge < -0.3 is 10.2 Å². The van der Waals surface area contributed by atoms with Crippen molar-refractivity contribution in [2.75, 3.05) is 7.05 Å². The minimum Gasteiger partial charge on any atom is -0.347 e. The van der Waals surface area contributed by atoms with Gasteiger partial charge in [-0.2, -0.15) is 0 Å². The molecule has 1 N–H and O–H groups in total. The number of carbonyl (C=O) groups excluding carboxylic acids is 2. The Bertz CT molecular complexity index is 692. The summed E-state index contributed by atoms with van der Waals surface area (Å²) in [4.78, 5) is 30.0. The van der Waals surface area contributed by atoms with E-state index in [0.29, 0.717) is 17.8 Å². The molecule has 0 unspecified atom stereocenters. The quantitative estimate of drug-likeness (QED) is 0.916. The van der Waals surface area contributed by atoms with Gasteiger partial charge in [-0.15, -0.1) is 11.3 Å². The van der Waals surface area contributed by atoms with Crippen molar-refractivity contribution in [1.29, 1.82) is 0 Å². The third kappa shape index (κ3) is 4.39. The molecule has 0 radical (unpaired) electrons. The molecule has 0 aliphatic rings. The molecule has 2 aromatic rings. The highest BCUT2D eigenvalue weighted by molar-refractivity contribution is 7.09. The SMILES string of the molecule is Cc1nc(C(=O)NCc2ccc(C(=O)N(C)C(C)C)cc2)cs1. The van der Waals surface area contributed by atoms with E-state index in [9.17, 15) is 9.59 Å². The highest BCUT2D eigenvalue weighted by Crippen LogP contribution is 2.10. The van der Waals surface area contributed by atoms with E-state index in [-0.39, 0.29) is 17.9 Å². The number of hydrogen-bond acceptors (Lipinski definition) is 4. The van der Waals surface area contributed by atoms with Gasteiger partial charge in [0, 0.05) is 30.6 Å². The van der Waals surface area contributed by atoms with Crippen LogP contribution in [-0.2, 0) is 6.54 Å². The van der Waals surface area contributed by atoms with Crippen LogP contribution in [-0.4, -0.2) is 34.8 Å². The van der Waals surface area contributed by atoms with Gasteiger partial charge in [-0.05, 0) is 38.5 Å². The van der Waals surface area contributed by atoms with Gasteiger partial charge in [-0.25, -0.2) is 4.98 Å². The highest BCUT2D eigenvalue weighted by atomic mass is 32.1. The molecule has 0 fully saturated rings. The number of aromatic nitrogens is 1. The van der Waals surface area contributed by atoms with Crippen molar-refractivity contribution in [3.8, 4) is 0 Å². The van der Waals surface area contributed by atoms with Crippen molar-refractivity contribution < 1.29 is 9.59 Å². The van der Waals surface area contributed by atoms with Crippen molar-refractivity contribution >= 4 is 23.2 Å². The summed E-state index contributed by atoms with van der Waals surface area (Å²) in [6.45, 7) is 6.22. The van der Waals surface area contributed by atoms with E-state index in [1.165, 1.54) is 11.3 Å². The summed E-state index contributed by atoms with van der Waals surface area (Å²) >= 11 is 1.45. The largest absolute Gasteiger partial charge is 0.347 e. The molecule has 122 valence electrons. The van der Waals surface area contributed by atoms with E-state index < -0.39 is 0 Å². The number of benzene rings is 1. The Morgan fingerprint density at radius 1 is 1.26 bits per heavy atom. The zero-order valence-electron chi connectivity index (χ0n) is 13.8. The summed E-state index contributed by atoms with van der Waals surface area (Å²) in [6, 6.07) is 7.44. The number of thiazole rings is 1. The Morgan fingerprint density at radius 3 is 2.43 bits per heavy atom. The molecule has 0 aliphatic heterocycles. The highest BCUT2D eigenvalue weighted by Gasteiger charge is 2.14. The molecule has 0 saturated heterocycles. The minimum absolute atomic E-state index is 0.00599. The van der Waals surface area contributed by atoms with Crippen molar-refractivity contribution in [1.82, 2.24) is 15.2 Å². The second-order valence-electron chi connectivity index (χ2n) is 5.64. The molecule has 1 aromatic carbocycles. The lowest BCUT2D eigenvalue weighted by Crippen LogP contribution is -2.32. The number of amides is 2. The third-order valence-corrected chi connectivity index (χ3v) is 4.37. The lowest BCUT2D eigenvalue weighted by atomic mass is 10.1. The van der Waals surface area contributed by atoms with Crippen LogP contribution in [0.4, 0.5) is 0 Å². The van der Waals surface area contributed by atoms with E-state index in [2.05, 4.69) is 10.3 Å². The van der Waals surface area contributed by atoms with Gasteiger partial charge >= 0.3 is 0 Å². The van der Waals surface area contributed by atoms with Crippen LogP contribution in [0.2, 0.25) is 0 Å². The smallest absolute Gasteiger partial charge is 0.271 e. The first-order valence-corrected chi connectivity index (χ1v) is 8.33. The molecular weight excluding hydrogens is 310 g/mol. The number of nitrogens with zero attached hydrogens (tertiary/aromatic N) is 2. The lowest BCUT2D eigenvalue weighted by molar-refractivity contribution is 0.0754. The number of carbonyl (C=O) groups is 2. The van der Waals surface area contributed by atoms with E-state index >= 15 is 0 Å². The Kier molecular flexibility index (Phi) is 5.50. The summed E-state index contributed by atoms with van der Waals surface area (Å²) in [5.41, 5.74) is 2.03. The van der Waals surface area contributed by atoms with Crippen LogP contribution in [0, 0.1) is 6.92 Å². The van der Waals surface area contributed by atoms with Gasteiger partial charge in [-0.3, -0.25) is 9.59 Å². The number of hydrogen-bond donors (Lipinski definition) is 1. The summed E-state index contributed by atoms with van der Waals surface area (Å²) in [7, 11) is 1.79. The molecule has 0 bridgehead atoms. The van der Waals surface area contributed by atoms with Crippen LogP contribution in [0.1, 0.15) is 45.3 Å². The Balaban J connectivity index is 1.95. The first-order chi connectivity index (χ1) is 10.9. The summed E-state index contributed by atoms with van der Waals surface area (Å²) in [6.07, 6.45) is 0. The molecule has 0 spiro atoms. The average molecular weight is 331 g/mol.